The molecule has 22 heavy (non-hydrogen) atoms. The second kappa shape index (κ2) is 14.5. The first-order chi connectivity index (χ1) is 10.0. The summed E-state index contributed by atoms with van der Waals surface area (Å²) in [5.74, 6) is -2.80. The summed E-state index contributed by atoms with van der Waals surface area (Å²) in [5.41, 5.74) is 0.659. The Labute approximate surface area is 129 Å². The number of hydrogen-bond donors (Lipinski definition) is 3. The van der Waals surface area contributed by atoms with Crippen molar-refractivity contribution in [2.75, 3.05) is 0 Å². The Morgan fingerprint density at radius 3 is 1.59 bits per heavy atom. The Morgan fingerprint density at radius 2 is 1.45 bits per heavy atom. The van der Waals surface area contributed by atoms with Gasteiger partial charge < -0.3 is 15.3 Å². The van der Waals surface area contributed by atoms with E-state index in [4.69, 9.17) is 20.6 Å². The van der Waals surface area contributed by atoms with Crippen LogP contribution >= 0.6 is 0 Å². The molecular formula is C15H21NO6. The highest BCUT2D eigenvalue weighted by Crippen LogP contribution is 1.99. The van der Waals surface area contributed by atoms with Crippen LogP contribution in [-0.4, -0.2) is 33.2 Å². The smallest absolute Gasteiger partial charge is 0.330 e. The molecule has 0 aliphatic rings. The number of nitriles is 1. The van der Waals surface area contributed by atoms with Crippen LogP contribution in [0.2, 0.25) is 0 Å². The summed E-state index contributed by atoms with van der Waals surface area (Å²) in [6.07, 6.45) is 2.04. The zero-order valence-electron chi connectivity index (χ0n) is 12.9. The third kappa shape index (κ3) is 19.5. The minimum Gasteiger partial charge on any atom is -0.478 e. The van der Waals surface area contributed by atoms with Crippen molar-refractivity contribution in [1.29, 1.82) is 5.26 Å². The highest BCUT2D eigenvalue weighted by Gasteiger charge is 2.00. The molecule has 0 heterocycles. The molecule has 7 nitrogen and oxygen atoms in total. The second-order valence-electron chi connectivity index (χ2n) is 3.93. The van der Waals surface area contributed by atoms with E-state index >= 15 is 0 Å². The van der Waals surface area contributed by atoms with Crippen molar-refractivity contribution in [2.24, 2.45) is 0 Å². The topological polar surface area (TPSA) is 136 Å². The van der Waals surface area contributed by atoms with Crippen molar-refractivity contribution in [3.8, 4) is 6.07 Å². The fourth-order valence-corrected chi connectivity index (χ4v) is 0.437. The molecule has 0 saturated carbocycles. The van der Waals surface area contributed by atoms with E-state index in [0.29, 0.717) is 5.57 Å². The monoisotopic (exact) mass is 311 g/mol. The number of nitrogens with zero attached hydrogens (tertiary/aromatic N) is 1. The summed E-state index contributed by atoms with van der Waals surface area (Å²) in [7, 11) is 0. The van der Waals surface area contributed by atoms with Gasteiger partial charge in [0.1, 0.15) is 0 Å². The zero-order valence-corrected chi connectivity index (χ0v) is 12.9. The van der Waals surface area contributed by atoms with E-state index < -0.39 is 17.9 Å². The predicted octanol–water partition coefficient (Wildman–Crippen LogP) is 2.62. The third-order valence-corrected chi connectivity index (χ3v) is 1.98. The molecule has 0 radical (unpaired) electrons. The van der Waals surface area contributed by atoms with E-state index in [2.05, 4.69) is 13.2 Å². The molecule has 0 aromatic carbocycles. The summed E-state index contributed by atoms with van der Waals surface area (Å²) in [6.45, 7) is 11.1. The van der Waals surface area contributed by atoms with Crippen molar-refractivity contribution >= 4 is 17.9 Å². The van der Waals surface area contributed by atoms with Crippen LogP contribution in [0.15, 0.2) is 36.0 Å². The lowest BCUT2D eigenvalue weighted by atomic mass is 10.2. The molecule has 0 rings (SSSR count). The molecule has 0 aliphatic carbocycles. The molecule has 0 amide bonds. The number of allylic oxidation sites excluding steroid dienone is 1. The molecule has 0 saturated heterocycles. The van der Waals surface area contributed by atoms with Crippen molar-refractivity contribution in [1.82, 2.24) is 0 Å². The molecule has 0 bridgehead atoms. The molecule has 3 N–H and O–H groups in total. The summed E-state index contributed by atoms with van der Waals surface area (Å²) in [5, 5.41) is 32.2. The molecule has 122 valence electrons. The molecule has 0 aromatic rings. The first-order valence-electron chi connectivity index (χ1n) is 6.04. The highest BCUT2D eigenvalue weighted by molar-refractivity contribution is 5.86. The maximum absolute atomic E-state index is 10.00. The standard InChI is InChI=1S/C6H7NO2.C5H8O2.C4H6O2/c1-5(6(8)9)3-2-4-7;1-3-4(2)5(6)7;1-3(2)4(5)6/h1-3H2,(H,8,9);3H,1-2H3,(H,6,7);1H2,2H3,(H,5,6). The van der Waals surface area contributed by atoms with Gasteiger partial charge in [-0.3, -0.25) is 0 Å². The Hall–Kier alpha value is -2.88. The fraction of sp³-hybridized carbons (Fsp3) is 0.333. The maximum atomic E-state index is 10.00. The predicted molar refractivity (Wildman–Crippen MR) is 81.1 cm³/mol. The number of carboxylic acids is 3. The van der Waals surface area contributed by atoms with E-state index in [1.165, 1.54) is 6.92 Å². The first-order valence-corrected chi connectivity index (χ1v) is 6.04. The molecule has 0 unspecified atom stereocenters. The minimum absolute atomic E-state index is 0.0940. The zero-order chi connectivity index (χ0) is 18.3. The maximum Gasteiger partial charge on any atom is 0.330 e. The van der Waals surface area contributed by atoms with Crippen molar-refractivity contribution in [3.63, 3.8) is 0 Å². The molecular weight excluding hydrogens is 290 g/mol. The van der Waals surface area contributed by atoms with Crippen molar-refractivity contribution in [2.45, 2.75) is 33.6 Å². The lowest BCUT2D eigenvalue weighted by Gasteiger charge is -1.90. The van der Waals surface area contributed by atoms with Gasteiger partial charge in [-0.15, -0.1) is 0 Å². The van der Waals surface area contributed by atoms with Crippen molar-refractivity contribution < 1.29 is 29.7 Å². The van der Waals surface area contributed by atoms with E-state index in [0.717, 1.165) is 0 Å². The molecule has 0 atom stereocenters. The Morgan fingerprint density at radius 1 is 1.05 bits per heavy atom. The van der Waals surface area contributed by atoms with Crippen LogP contribution in [-0.2, 0) is 14.4 Å². The molecule has 0 aromatic heterocycles. The van der Waals surface area contributed by atoms with Gasteiger partial charge in [-0.25, -0.2) is 14.4 Å². The van der Waals surface area contributed by atoms with E-state index in [9.17, 15) is 14.4 Å². The summed E-state index contributed by atoms with van der Waals surface area (Å²) in [4.78, 5) is 29.5. The Kier molecular flexibility index (Phi) is 16.0. The average molecular weight is 311 g/mol. The van der Waals surface area contributed by atoms with E-state index in [1.807, 2.05) is 6.07 Å². The van der Waals surface area contributed by atoms with Gasteiger partial charge in [-0.2, -0.15) is 5.26 Å². The lowest BCUT2D eigenvalue weighted by molar-refractivity contribution is -0.133. The fourth-order valence-electron chi connectivity index (χ4n) is 0.437. The van der Waals surface area contributed by atoms with Crippen LogP contribution in [0.3, 0.4) is 0 Å². The second-order valence-corrected chi connectivity index (χ2v) is 3.93. The van der Waals surface area contributed by atoms with Gasteiger partial charge in [0.25, 0.3) is 0 Å². The number of carboxylic acid groups (broad SMARTS) is 3. The number of hydrogen-bond acceptors (Lipinski definition) is 4. The van der Waals surface area contributed by atoms with Gasteiger partial charge in [0.05, 0.1) is 6.07 Å². The first kappa shape index (κ1) is 24.2. The van der Waals surface area contributed by atoms with Gasteiger partial charge in [0, 0.05) is 23.1 Å². The summed E-state index contributed by atoms with van der Waals surface area (Å²) >= 11 is 0. The van der Waals surface area contributed by atoms with Crippen LogP contribution < -0.4 is 0 Å². The largest absolute Gasteiger partial charge is 0.478 e. The van der Waals surface area contributed by atoms with Crippen LogP contribution in [0.1, 0.15) is 33.6 Å². The Bertz CT molecular complexity index is 485. The molecule has 0 aliphatic heterocycles. The normalized spacial score (nSPS) is 8.91. The Balaban J connectivity index is -0.000000252. The number of carbonyl (C=O) groups is 3. The van der Waals surface area contributed by atoms with Gasteiger partial charge >= 0.3 is 17.9 Å². The minimum atomic E-state index is -1.02. The highest BCUT2D eigenvalue weighted by atomic mass is 16.4. The third-order valence-electron chi connectivity index (χ3n) is 1.98. The quantitative estimate of drug-likeness (QED) is 0.664. The SMILES string of the molecule is C=C(C)C(=O)O.C=C(CCC#N)C(=O)O.CC=C(C)C(=O)O. The van der Waals surface area contributed by atoms with Gasteiger partial charge in [-0.05, 0) is 27.2 Å². The van der Waals surface area contributed by atoms with E-state index in [1.54, 1.807) is 19.9 Å². The summed E-state index contributed by atoms with van der Waals surface area (Å²) < 4.78 is 0. The van der Waals surface area contributed by atoms with Gasteiger partial charge in [-0.1, -0.05) is 19.2 Å². The number of aliphatic carboxylic acids is 3. The van der Waals surface area contributed by atoms with Crippen LogP contribution in [0.4, 0.5) is 0 Å². The van der Waals surface area contributed by atoms with Crippen LogP contribution in [0.25, 0.3) is 0 Å². The lowest BCUT2D eigenvalue weighted by Crippen LogP contribution is -1.97. The number of rotatable bonds is 5. The van der Waals surface area contributed by atoms with Gasteiger partial charge in [0.2, 0.25) is 0 Å². The summed E-state index contributed by atoms with van der Waals surface area (Å²) in [6, 6.07) is 1.83. The van der Waals surface area contributed by atoms with Gasteiger partial charge in [0.15, 0.2) is 0 Å². The average Bonchev–Trinajstić information content (AvgIpc) is 2.44. The van der Waals surface area contributed by atoms with Crippen LogP contribution in [0.5, 0.6) is 0 Å². The molecule has 0 fully saturated rings. The molecule has 7 heteroatoms. The van der Waals surface area contributed by atoms with Crippen LogP contribution in [0, 0.1) is 11.3 Å². The van der Waals surface area contributed by atoms with E-state index in [-0.39, 0.29) is 24.0 Å². The van der Waals surface area contributed by atoms with Crippen molar-refractivity contribution in [3.05, 3.63) is 36.0 Å². The molecule has 0 spiro atoms.